The molecule has 1 unspecified atom stereocenters. The molecule has 0 spiro atoms. The molecule has 7 nitrogen and oxygen atoms in total. The van der Waals surface area contributed by atoms with Gasteiger partial charge in [0.05, 0.1) is 11.7 Å². The Kier molecular flexibility index (Phi) is 4.71. The number of hydrogen-bond donors (Lipinski definition) is 3. The van der Waals surface area contributed by atoms with Crippen molar-refractivity contribution in [1.29, 1.82) is 0 Å². The average molecular weight is 351 g/mol. The van der Waals surface area contributed by atoms with Crippen LogP contribution >= 0.6 is 0 Å². The Hall–Kier alpha value is -2.67. The van der Waals surface area contributed by atoms with Crippen molar-refractivity contribution in [3.63, 3.8) is 0 Å². The molecule has 1 fully saturated rings. The lowest BCUT2D eigenvalue weighted by Gasteiger charge is -2.27. The van der Waals surface area contributed by atoms with Gasteiger partial charge in [0.1, 0.15) is 5.82 Å². The highest BCUT2D eigenvalue weighted by Crippen LogP contribution is 2.21. The van der Waals surface area contributed by atoms with Gasteiger partial charge in [-0.1, -0.05) is 13.8 Å². The summed E-state index contributed by atoms with van der Waals surface area (Å²) < 4.78 is 0. The Bertz CT molecular complexity index is 873. The second-order valence-corrected chi connectivity index (χ2v) is 7.14. The lowest BCUT2D eigenvalue weighted by molar-refractivity contribution is 0.419. The smallest absolute Gasteiger partial charge is 0.227 e. The number of nitrogens with one attached hydrogen (secondary N) is 3. The maximum atomic E-state index is 4.75. The van der Waals surface area contributed by atoms with Gasteiger partial charge in [0.25, 0.3) is 0 Å². The molecule has 1 atom stereocenters. The van der Waals surface area contributed by atoms with Crippen molar-refractivity contribution >= 4 is 28.4 Å². The van der Waals surface area contributed by atoms with Gasteiger partial charge in [-0.2, -0.15) is 10.1 Å². The van der Waals surface area contributed by atoms with Crippen molar-refractivity contribution in [2.24, 2.45) is 5.92 Å². The Balaban J connectivity index is 1.53. The Morgan fingerprint density at radius 1 is 1.27 bits per heavy atom. The predicted octanol–water partition coefficient (Wildman–Crippen LogP) is 2.92. The minimum atomic E-state index is 0.459. The molecule has 0 aliphatic carbocycles. The first-order valence-electron chi connectivity index (χ1n) is 9.20. The van der Waals surface area contributed by atoms with Crippen molar-refractivity contribution in [2.75, 3.05) is 29.9 Å². The fourth-order valence-electron chi connectivity index (χ4n) is 3.32. The lowest BCUT2D eigenvalue weighted by Crippen LogP contribution is -2.41. The topological polar surface area (TPSA) is 81.8 Å². The number of hydrogen-bond acceptors (Lipinski definition) is 6. The zero-order valence-electron chi connectivity index (χ0n) is 15.2. The summed E-state index contributed by atoms with van der Waals surface area (Å²) in [5.74, 6) is 2.17. The first-order valence-corrected chi connectivity index (χ1v) is 9.20. The van der Waals surface area contributed by atoms with Crippen molar-refractivity contribution < 1.29 is 0 Å². The molecule has 2 aromatic heterocycles. The highest BCUT2D eigenvalue weighted by Gasteiger charge is 2.22. The molecule has 1 aromatic carbocycles. The first-order chi connectivity index (χ1) is 12.7. The monoisotopic (exact) mass is 351 g/mol. The van der Waals surface area contributed by atoms with E-state index in [2.05, 4.69) is 50.6 Å². The Morgan fingerprint density at radius 2 is 2.19 bits per heavy atom. The summed E-state index contributed by atoms with van der Waals surface area (Å²) in [4.78, 5) is 11.5. The summed E-state index contributed by atoms with van der Waals surface area (Å²) in [6.07, 6.45) is 4.74. The van der Waals surface area contributed by atoms with E-state index in [0.717, 1.165) is 54.4 Å². The first kappa shape index (κ1) is 16.8. The molecular weight excluding hydrogens is 326 g/mol. The van der Waals surface area contributed by atoms with E-state index in [9.17, 15) is 0 Å². The third kappa shape index (κ3) is 3.62. The Morgan fingerprint density at radius 3 is 3.08 bits per heavy atom. The maximum absolute atomic E-state index is 4.75. The molecule has 1 aliphatic rings. The van der Waals surface area contributed by atoms with Crippen molar-refractivity contribution in [3.05, 3.63) is 36.7 Å². The van der Waals surface area contributed by atoms with Gasteiger partial charge in [-0.05, 0) is 43.1 Å². The number of aromatic nitrogens is 4. The van der Waals surface area contributed by atoms with Crippen LogP contribution in [-0.2, 0) is 0 Å². The summed E-state index contributed by atoms with van der Waals surface area (Å²) in [6.45, 7) is 7.46. The van der Waals surface area contributed by atoms with Gasteiger partial charge in [0.15, 0.2) is 0 Å². The van der Waals surface area contributed by atoms with Crippen LogP contribution in [0.25, 0.3) is 10.9 Å². The number of rotatable bonds is 4. The number of aromatic amines is 1. The van der Waals surface area contributed by atoms with Gasteiger partial charge in [-0.3, -0.25) is 5.10 Å². The van der Waals surface area contributed by atoms with Crippen LogP contribution in [0.1, 0.15) is 20.3 Å². The van der Waals surface area contributed by atoms with Crippen LogP contribution in [0, 0.1) is 5.92 Å². The zero-order chi connectivity index (χ0) is 17.9. The third-order valence-electron chi connectivity index (χ3n) is 4.87. The van der Waals surface area contributed by atoms with E-state index in [1.165, 1.54) is 0 Å². The van der Waals surface area contributed by atoms with E-state index in [1.54, 1.807) is 0 Å². The minimum Gasteiger partial charge on any atom is -0.340 e. The number of anilines is 3. The van der Waals surface area contributed by atoms with Crippen molar-refractivity contribution in [3.8, 4) is 0 Å². The standard InChI is InChI=1S/C19H25N7/c1-13(2)17-12-26(9-3-7-20-17)19-21-8-6-18(24-19)23-15-4-5-16-14(10-15)11-22-25-16/h4-6,8,10-11,13,17,20H,3,7,9,12H2,1-2H3,(H,22,25)(H,21,23,24). The molecule has 7 heteroatoms. The molecule has 1 aliphatic heterocycles. The van der Waals surface area contributed by atoms with Crippen LogP contribution in [-0.4, -0.2) is 45.8 Å². The molecule has 26 heavy (non-hydrogen) atoms. The molecule has 0 amide bonds. The number of nitrogens with zero attached hydrogens (tertiary/aromatic N) is 4. The van der Waals surface area contributed by atoms with Gasteiger partial charge in [0, 0.05) is 36.4 Å². The summed E-state index contributed by atoms with van der Waals surface area (Å²) >= 11 is 0. The van der Waals surface area contributed by atoms with Gasteiger partial charge in [-0.15, -0.1) is 0 Å². The molecule has 3 aromatic rings. The fourth-order valence-corrected chi connectivity index (χ4v) is 3.32. The zero-order valence-corrected chi connectivity index (χ0v) is 15.2. The predicted molar refractivity (Wildman–Crippen MR) is 105 cm³/mol. The Labute approximate surface area is 153 Å². The summed E-state index contributed by atoms with van der Waals surface area (Å²) in [7, 11) is 0. The van der Waals surface area contributed by atoms with Crippen LogP contribution in [0.4, 0.5) is 17.5 Å². The number of H-pyrrole nitrogens is 1. The van der Waals surface area contributed by atoms with Crippen LogP contribution < -0.4 is 15.5 Å². The molecule has 1 saturated heterocycles. The summed E-state index contributed by atoms with van der Waals surface area (Å²) in [5.41, 5.74) is 2.01. The van der Waals surface area contributed by atoms with Crippen LogP contribution in [0.5, 0.6) is 0 Å². The highest BCUT2D eigenvalue weighted by molar-refractivity contribution is 5.82. The molecule has 0 saturated carbocycles. The van der Waals surface area contributed by atoms with Crippen LogP contribution in [0.2, 0.25) is 0 Å². The second kappa shape index (κ2) is 7.29. The van der Waals surface area contributed by atoms with E-state index < -0.39 is 0 Å². The van der Waals surface area contributed by atoms with Gasteiger partial charge < -0.3 is 15.5 Å². The van der Waals surface area contributed by atoms with E-state index in [0.29, 0.717) is 12.0 Å². The molecule has 0 bridgehead atoms. The van der Waals surface area contributed by atoms with Gasteiger partial charge in [-0.25, -0.2) is 4.98 Å². The average Bonchev–Trinajstić information content (AvgIpc) is 2.95. The lowest BCUT2D eigenvalue weighted by atomic mass is 10.0. The van der Waals surface area contributed by atoms with E-state index >= 15 is 0 Å². The van der Waals surface area contributed by atoms with Crippen molar-refractivity contribution in [1.82, 2.24) is 25.5 Å². The SMILES string of the molecule is CC(C)C1CN(c2nccc(Nc3ccc4[nH]ncc4c3)n2)CCCN1. The van der Waals surface area contributed by atoms with E-state index in [4.69, 9.17) is 4.98 Å². The summed E-state index contributed by atoms with van der Waals surface area (Å²) in [6, 6.07) is 8.46. The molecule has 3 N–H and O–H groups in total. The normalized spacial score (nSPS) is 18.3. The quantitative estimate of drug-likeness (QED) is 0.670. The third-order valence-corrected chi connectivity index (χ3v) is 4.87. The highest BCUT2D eigenvalue weighted by atomic mass is 15.3. The molecular formula is C19H25N7. The molecule has 3 heterocycles. The van der Waals surface area contributed by atoms with Crippen LogP contribution in [0.3, 0.4) is 0 Å². The van der Waals surface area contributed by atoms with Crippen LogP contribution in [0.15, 0.2) is 36.7 Å². The maximum Gasteiger partial charge on any atom is 0.227 e. The number of fused-ring (bicyclic) bond motifs is 1. The van der Waals surface area contributed by atoms with E-state index in [1.807, 2.05) is 30.6 Å². The largest absolute Gasteiger partial charge is 0.340 e. The second-order valence-electron chi connectivity index (χ2n) is 7.14. The molecule has 136 valence electrons. The molecule has 0 radical (unpaired) electrons. The minimum absolute atomic E-state index is 0.459. The summed E-state index contributed by atoms with van der Waals surface area (Å²) in [5, 5.41) is 15.1. The van der Waals surface area contributed by atoms with Gasteiger partial charge in [0.2, 0.25) is 5.95 Å². The van der Waals surface area contributed by atoms with E-state index in [-0.39, 0.29) is 0 Å². The van der Waals surface area contributed by atoms with Crippen molar-refractivity contribution in [2.45, 2.75) is 26.3 Å². The van der Waals surface area contributed by atoms with Gasteiger partial charge >= 0.3 is 0 Å². The number of benzene rings is 1. The fraction of sp³-hybridized carbons (Fsp3) is 0.421. The molecule has 4 rings (SSSR count).